The number of phenols is 1. The normalized spacial score (nSPS) is 13.7. The molecule has 0 aliphatic heterocycles. The molecule has 1 rings (SSSR count). The molecule has 0 amide bonds. The number of hydrogen-bond donors (Lipinski definition) is 2. The quantitative estimate of drug-likeness (QED) is 0.624. The smallest absolute Gasteiger partial charge is 0.124 e. The maximum Gasteiger partial charge on any atom is 0.124 e. The Labute approximate surface area is 109 Å². The topological polar surface area (TPSA) is 49.7 Å². The van der Waals surface area contributed by atoms with Crippen LogP contribution in [0.2, 0.25) is 0 Å². The standard InChI is InChI=1S/C15H24O3/c1-6-10(2)11-7-12(9-18-17)14(16)13(8-11)15(3,4)5/h7-8,10,16-17H,6,9H2,1-5H3. The van der Waals surface area contributed by atoms with Crippen molar-refractivity contribution in [1.82, 2.24) is 0 Å². The maximum atomic E-state index is 10.2. The molecular weight excluding hydrogens is 228 g/mol. The molecule has 1 unspecified atom stereocenters. The third kappa shape index (κ3) is 3.24. The van der Waals surface area contributed by atoms with Gasteiger partial charge in [-0.1, -0.05) is 40.7 Å². The predicted octanol–water partition coefficient (Wildman–Crippen LogP) is 4.19. The summed E-state index contributed by atoms with van der Waals surface area (Å²) < 4.78 is 0. The lowest BCUT2D eigenvalue weighted by Crippen LogP contribution is -2.13. The van der Waals surface area contributed by atoms with Crippen LogP contribution < -0.4 is 0 Å². The van der Waals surface area contributed by atoms with Crippen LogP contribution in [0.4, 0.5) is 0 Å². The fourth-order valence-electron chi connectivity index (χ4n) is 1.99. The fourth-order valence-corrected chi connectivity index (χ4v) is 1.99. The number of rotatable bonds is 4. The van der Waals surface area contributed by atoms with Gasteiger partial charge in [-0.2, -0.15) is 0 Å². The number of aromatic hydroxyl groups is 1. The maximum absolute atomic E-state index is 10.2. The Bertz CT molecular complexity index is 405. The molecule has 3 nitrogen and oxygen atoms in total. The highest BCUT2D eigenvalue weighted by molar-refractivity contribution is 5.47. The van der Waals surface area contributed by atoms with Gasteiger partial charge in [0.25, 0.3) is 0 Å². The van der Waals surface area contributed by atoms with Gasteiger partial charge >= 0.3 is 0 Å². The Morgan fingerprint density at radius 1 is 1.28 bits per heavy atom. The van der Waals surface area contributed by atoms with Crippen LogP contribution in [-0.2, 0) is 16.9 Å². The summed E-state index contributed by atoms with van der Waals surface area (Å²) in [6, 6.07) is 3.97. The molecule has 0 radical (unpaired) electrons. The molecule has 1 aromatic rings. The summed E-state index contributed by atoms with van der Waals surface area (Å²) in [6.45, 7) is 10.5. The van der Waals surface area contributed by atoms with Crippen molar-refractivity contribution in [2.24, 2.45) is 0 Å². The van der Waals surface area contributed by atoms with E-state index >= 15 is 0 Å². The zero-order valence-electron chi connectivity index (χ0n) is 11.9. The van der Waals surface area contributed by atoms with E-state index in [4.69, 9.17) is 5.26 Å². The highest BCUT2D eigenvalue weighted by Gasteiger charge is 2.22. The largest absolute Gasteiger partial charge is 0.507 e. The van der Waals surface area contributed by atoms with Crippen LogP contribution in [0.25, 0.3) is 0 Å². The van der Waals surface area contributed by atoms with Crippen molar-refractivity contribution < 1.29 is 15.3 Å². The van der Waals surface area contributed by atoms with Gasteiger partial charge in [-0.05, 0) is 34.9 Å². The number of phenolic OH excluding ortho intramolecular Hbond substituents is 1. The monoisotopic (exact) mass is 252 g/mol. The summed E-state index contributed by atoms with van der Waals surface area (Å²) in [6.07, 6.45) is 1.04. The highest BCUT2D eigenvalue weighted by atomic mass is 17.1. The summed E-state index contributed by atoms with van der Waals surface area (Å²) in [7, 11) is 0. The first-order valence-corrected chi connectivity index (χ1v) is 6.43. The van der Waals surface area contributed by atoms with E-state index in [0.717, 1.165) is 12.0 Å². The van der Waals surface area contributed by atoms with Gasteiger partial charge in [0.2, 0.25) is 0 Å². The van der Waals surface area contributed by atoms with Crippen molar-refractivity contribution in [1.29, 1.82) is 0 Å². The number of hydrogen-bond acceptors (Lipinski definition) is 3. The van der Waals surface area contributed by atoms with Gasteiger partial charge in [0.15, 0.2) is 0 Å². The van der Waals surface area contributed by atoms with Gasteiger partial charge in [-0.25, -0.2) is 4.89 Å². The Morgan fingerprint density at radius 2 is 1.89 bits per heavy atom. The van der Waals surface area contributed by atoms with E-state index in [0.29, 0.717) is 11.5 Å². The van der Waals surface area contributed by atoms with E-state index in [2.05, 4.69) is 45.6 Å². The Hall–Kier alpha value is -1.06. The summed E-state index contributed by atoms with van der Waals surface area (Å²) in [5.41, 5.74) is 2.57. The lowest BCUT2D eigenvalue weighted by atomic mass is 9.82. The van der Waals surface area contributed by atoms with Crippen LogP contribution in [0.3, 0.4) is 0 Å². The molecule has 0 aliphatic rings. The van der Waals surface area contributed by atoms with E-state index in [-0.39, 0.29) is 17.8 Å². The summed E-state index contributed by atoms with van der Waals surface area (Å²) >= 11 is 0. The number of benzene rings is 1. The van der Waals surface area contributed by atoms with E-state index in [1.165, 1.54) is 5.56 Å². The fraction of sp³-hybridized carbons (Fsp3) is 0.600. The molecular formula is C15H24O3. The zero-order valence-corrected chi connectivity index (χ0v) is 11.9. The van der Waals surface area contributed by atoms with Crippen LogP contribution >= 0.6 is 0 Å². The molecule has 1 atom stereocenters. The van der Waals surface area contributed by atoms with Gasteiger partial charge in [0.05, 0.1) is 0 Å². The zero-order chi connectivity index (χ0) is 13.9. The van der Waals surface area contributed by atoms with Crippen molar-refractivity contribution in [3.63, 3.8) is 0 Å². The molecule has 2 N–H and O–H groups in total. The molecule has 3 heteroatoms. The van der Waals surface area contributed by atoms with E-state index in [1.54, 1.807) is 0 Å². The first-order valence-electron chi connectivity index (χ1n) is 6.43. The lowest BCUT2D eigenvalue weighted by molar-refractivity contribution is -0.253. The molecule has 1 aromatic carbocycles. The van der Waals surface area contributed by atoms with E-state index in [1.807, 2.05) is 6.07 Å². The van der Waals surface area contributed by atoms with Crippen LogP contribution in [0.15, 0.2) is 12.1 Å². The Balaban J connectivity index is 3.37. The predicted molar refractivity (Wildman–Crippen MR) is 72.9 cm³/mol. The minimum atomic E-state index is -0.141. The molecule has 102 valence electrons. The Kier molecular flexibility index (Phi) is 4.77. The molecule has 0 fully saturated rings. The second-order valence-electron chi connectivity index (χ2n) is 5.91. The molecule has 0 saturated carbocycles. The minimum absolute atomic E-state index is 0.0131. The Morgan fingerprint density at radius 3 is 2.33 bits per heavy atom. The first kappa shape index (κ1) is 15.0. The average Bonchev–Trinajstić information content (AvgIpc) is 2.29. The molecule has 0 bridgehead atoms. The van der Waals surface area contributed by atoms with Crippen LogP contribution in [0, 0.1) is 0 Å². The molecule has 0 spiro atoms. The van der Waals surface area contributed by atoms with Crippen LogP contribution in [0.5, 0.6) is 5.75 Å². The van der Waals surface area contributed by atoms with E-state index < -0.39 is 0 Å². The van der Waals surface area contributed by atoms with Crippen LogP contribution in [0.1, 0.15) is 63.6 Å². The molecule has 0 saturated heterocycles. The second kappa shape index (κ2) is 5.72. The third-order valence-electron chi connectivity index (χ3n) is 3.42. The minimum Gasteiger partial charge on any atom is -0.507 e. The second-order valence-corrected chi connectivity index (χ2v) is 5.91. The average molecular weight is 252 g/mol. The third-order valence-corrected chi connectivity index (χ3v) is 3.42. The van der Waals surface area contributed by atoms with Crippen LogP contribution in [-0.4, -0.2) is 10.4 Å². The van der Waals surface area contributed by atoms with Gasteiger partial charge in [0, 0.05) is 5.56 Å². The van der Waals surface area contributed by atoms with Gasteiger partial charge in [0.1, 0.15) is 12.4 Å². The van der Waals surface area contributed by atoms with Crippen molar-refractivity contribution in [2.45, 2.75) is 59.0 Å². The molecule has 0 aromatic heterocycles. The molecule has 0 aliphatic carbocycles. The first-order chi connectivity index (χ1) is 8.31. The molecule has 0 heterocycles. The van der Waals surface area contributed by atoms with Crippen molar-refractivity contribution in [3.8, 4) is 5.75 Å². The van der Waals surface area contributed by atoms with Crippen molar-refractivity contribution in [3.05, 3.63) is 28.8 Å². The molecule has 18 heavy (non-hydrogen) atoms. The highest BCUT2D eigenvalue weighted by Crippen LogP contribution is 2.36. The lowest BCUT2D eigenvalue weighted by Gasteiger charge is -2.24. The summed E-state index contributed by atoms with van der Waals surface area (Å²) in [4.78, 5) is 4.18. The van der Waals surface area contributed by atoms with Crippen molar-refractivity contribution >= 4 is 0 Å². The van der Waals surface area contributed by atoms with E-state index in [9.17, 15) is 5.11 Å². The van der Waals surface area contributed by atoms with Gasteiger partial charge in [-0.3, -0.25) is 5.26 Å². The van der Waals surface area contributed by atoms with Gasteiger partial charge < -0.3 is 5.11 Å². The van der Waals surface area contributed by atoms with Gasteiger partial charge in [-0.15, -0.1) is 0 Å². The SMILES string of the molecule is CCC(C)c1cc(COO)c(O)c(C(C)(C)C)c1. The summed E-state index contributed by atoms with van der Waals surface area (Å²) in [5.74, 6) is 0.646. The summed E-state index contributed by atoms with van der Waals surface area (Å²) in [5, 5.41) is 18.9. The van der Waals surface area contributed by atoms with Crippen molar-refractivity contribution in [2.75, 3.05) is 0 Å².